The van der Waals surface area contributed by atoms with Crippen molar-refractivity contribution in [1.82, 2.24) is 0 Å². The summed E-state index contributed by atoms with van der Waals surface area (Å²) < 4.78 is 11.5. The molecule has 3 heteroatoms. The van der Waals surface area contributed by atoms with E-state index < -0.39 is 0 Å². The van der Waals surface area contributed by atoms with Crippen LogP contribution in [0.4, 0.5) is 0 Å². The van der Waals surface area contributed by atoms with Crippen molar-refractivity contribution >= 4 is 15.4 Å². The molecule has 0 amide bonds. The van der Waals surface area contributed by atoms with Crippen molar-refractivity contribution < 1.29 is 9.47 Å². The normalized spacial score (nSPS) is 13.1. The highest BCUT2D eigenvalue weighted by molar-refractivity contribution is 6.34. The van der Waals surface area contributed by atoms with Crippen LogP contribution in [0.3, 0.4) is 0 Å². The molecular weight excluding hydrogens is 204 g/mol. The number of benzene rings is 1. The van der Waals surface area contributed by atoms with Gasteiger partial charge in [-0.25, -0.2) is 0 Å². The fraction of sp³-hybridized carbons (Fsp3) is 0.500. The van der Waals surface area contributed by atoms with E-state index in [1.54, 1.807) is 0 Å². The maximum atomic E-state index is 5.82. The summed E-state index contributed by atoms with van der Waals surface area (Å²) in [7, 11) is 1.00. The zero-order valence-electron chi connectivity index (χ0n) is 9.99. The summed E-state index contributed by atoms with van der Waals surface area (Å²) in [5, 5.41) is 1.28. The molecule has 0 radical (unpaired) electrons. The molecule has 15 heavy (non-hydrogen) atoms. The van der Waals surface area contributed by atoms with E-state index in [9.17, 15) is 0 Å². The third-order valence-corrected chi connectivity index (χ3v) is 2.94. The van der Waals surface area contributed by atoms with Gasteiger partial charge in [-0.3, -0.25) is 0 Å². The fourth-order valence-electron chi connectivity index (χ4n) is 1.34. The minimum Gasteiger partial charge on any atom is -0.465 e. The average molecular weight is 224 g/mol. The Hall–Kier alpha value is -0.803. The Balaban J connectivity index is 2.62. The van der Waals surface area contributed by atoms with Gasteiger partial charge >= 0.3 is 0 Å². The van der Waals surface area contributed by atoms with Crippen molar-refractivity contribution in [3.8, 4) is 5.75 Å². The summed E-state index contributed by atoms with van der Waals surface area (Å²) >= 11 is 0. The first-order valence-electron chi connectivity index (χ1n) is 5.51. The van der Waals surface area contributed by atoms with Crippen LogP contribution < -0.4 is 9.92 Å². The van der Waals surface area contributed by atoms with Crippen LogP contribution in [0.1, 0.15) is 27.2 Å². The zero-order chi connectivity index (χ0) is 11.3. The molecule has 0 aliphatic heterocycles. The summed E-state index contributed by atoms with van der Waals surface area (Å²) in [4.78, 5) is 0. The Bertz CT molecular complexity index is 299. The summed E-state index contributed by atoms with van der Waals surface area (Å²) in [5.74, 6) is 0.969. The number of rotatable bonds is 5. The van der Waals surface area contributed by atoms with Gasteiger partial charge in [-0.15, -0.1) is 0 Å². The summed E-state index contributed by atoms with van der Waals surface area (Å²) in [6.45, 7) is 6.12. The van der Waals surface area contributed by atoms with Crippen molar-refractivity contribution in [2.45, 2.75) is 39.6 Å². The first kappa shape index (κ1) is 12.3. The zero-order valence-corrected chi connectivity index (χ0v) is 12.0. The van der Waals surface area contributed by atoms with Gasteiger partial charge in [0.15, 0.2) is 6.29 Å². The van der Waals surface area contributed by atoms with Crippen molar-refractivity contribution in [2.75, 3.05) is 0 Å². The van der Waals surface area contributed by atoms with Crippen LogP contribution >= 0.6 is 0 Å². The van der Waals surface area contributed by atoms with E-state index in [2.05, 4.69) is 13.0 Å². The minimum atomic E-state index is -0.125. The molecule has 0 aliphatic rings. The largest absolute Gasteiger partial charge is 0.465 e. The highest BCUT2D eigenvalue weighted by Gasteiger charge is 2.10. The van der Waals surface area contributed by atoms with Crippen LogP contribution in [0.25, 0.3) is 0 Å². The molecule has 1 aromatic rings. The molecule has 0 saturated heterocycles. The number of ether oxygens (including phenoxy) is 2. The third-order valence-electron chi connectivity index (χ3n) is 2.11. The van der Waals surface area contributed by atoms with Crippen LogP contribution in [0.15, 0.2) is 24.3 Å². The van der Waals surface area contributed by atoms with Gasteiger partial charge in [-0.2, -0.15) is 0 Å². The second kappa shape index (κ2) is 5.93. The van der Waals surface area contributed by atoms with E-state index in [4.69, 9.17) is 9.47 Å². The summed E-state index contributed by atoms with van der Waals surface area (Å²) in [6.07, 6.45) is 0.949. The van der Waals surface area contributed by atoms with Crippen LogP contribution in [0.5, 0.6) is 5.75 Å². The number of para-hydroxylation sites is 1. The highest BCUT2D eigenvalue weighted by Crippen LogP contribution is 2.11. The lowest BCUT2D eigenvalue weighted by molar-refractivity contribution is -0.108. The number of hydrogen-bond donors (Lipinski definition) is 0. The first-order valence-corrected chi connectivity index (χ1v) is 6.51. The first-order chi connectivity index (χ1) is 7.13. The molecule has 0 heterocycles. The molecule has 1 aromatic carbocycles. The van der Waals surface area contributed by atoms with Gasteiger partial charge < -0.3 is 9.47 Å². The van der Waals surface area contributed by atoms with E-state index in [0.29, 0.717) is 0 Å². The van der Waals surface area contributed by atoms with Crippen LogP contribution in [-0.2, 0) is 4.74 Å². The van der Waals surface area contributed by atoms with Gasteiger partial charge in [0, 0.05) is 16.7 Å². The number of hydrogen-bond acceptors (Lipinski definition) is 2. The highest BCUT2D eigenvalue weighted by atomic mass is 28.1. The molecule has 0 saturated carbocycles. The lowest BCUT2D eigenvalue weighted by Gasteiger charge is -2.21. The molecule has 0 aromatic heterocycles. The Morgan fingerprint density at radius 1 is 1.27 bits per heavy atom. The topological polar surface area (TPSA) is 18.5 Å². The van der Waals surface area contributed by atoms with E-state index in [1.165, 1.54) is 5.19 Å². The van der Waals surface area contributed by atoms with Gasteiger partial charge in [-0.1, -0.05) is 25.1 Å². The van der Waals surface area contributed by atoms with E-state index in [0.717, 1.165) is 22.4 Å². The van der Waals surface area contributed by atoms with Crippen LogP contribution in [0.2, 0.25) is 0 Å². The molecule has 1 rings (SSSR count). The molecule has 0 aliphatic carbocycles. The van der Waals surface area contributed by atoms with Crippen molar-refractivity contribution in [2.24, 2.45) is 0 Å². The molecule has 0 N–H and O–H groups in total. The molecular formula is C12H20O2Si. The van der Waals surface area contributed by atoms with E-state index in [1.807, 2.05) is 32.0 Å². The second-order valence-electron chi connectivity index (χ2n) is 3.91. The maximum absolute atomic E-state index is 5.82. The van der Waals surface area contributed by atoms with Crippen molar-refractivity contribution in [1.29, 1.82) is 0 Å². The predicted octanol–water partition coefficient (Wildman–Crippen LogP) is 1.22. The maximum Gasteiger partial charge on any atom is 0.199 e. The lowest BCUT2D eigenvalue weighted by atomic mass is 10.3. The van der Waals surface area contributed by atoms with Gasteiger partial charge in [0.2, 0.25) is 0 Å². The predicted molar refractivity (Wildman–Crippen MR) is 66.9 cm³/mol. The second-order valence-corrected chi connectivity index (χ2v) is 4.98. The van der Waals surface area contributed by atoms with Crippen molar-refractivity contribution in [3.05, 3.63) is 24.3 Å². The summed E-state index contributed by atoms with van der Waals surface area (Å²) in [5.41, 5.74) is 0. The summed E-state index contributed by atoms with van der Waals surface area (Å²) in [6, 6.07) is 8.15. The van der Waals surface area contributed by atoms with Gasteiger partial charge in [-0.05, 0) is 25.1 Å². The standard InChI is InChI=1S/C12H20O2Si/c1-4-12(13-9(2)3)14-10-7-5-6-8-11(10)15/h5-9,12H,4H2,1-3,15H3. The molecule has 0 spiro atoms. The Morgan fingerprint density at radius 3 is 2.47 bits per heavy atom. The van der Waals surface area contributed by atoms with Crippen LogP contribution in [-0.4, -0.2) is 22.6 Å². The van der Waals surface area contributed by atoms with Crippen molar-refractivity contribution in [3.63, 3.8) is 0 Å². The Kier molecular flexibility index (Phi) is 4.85. The molecule has 2 nitrogen and oxygen atoms in total. The minimum absolute atomic E-state index is 0.125. The molecule has 1 atom stereocenters. The third kappa shape index (κ3) is 4.06. The van der Waals surface area contributed by atoms with E-state index in [-0.39, 0.29) is 12.4 Å². The quantitative estimate of drug-likeness (QED) is 0.553. The Labute approximate surface area is 95.0 Å². The van der Waals surface area contributed by atoms with Crippen LogP contribution in [0, 0.1) is 0 Å². The smallest absolute Gasteiger partial charge is 0.199 e. The Morgan fingerprint density at radius 2 is 1.93 bits per heavy atom. The van der Waals surface area contributed by atoms with Gasteiger partial charge in [0.05, 0.1) is 6.10 Å². The monoisotopic (exact) mass is 224 g/mol. The molecule has 1 unspecified atom stereocenters. The lowest BCUT2D eigenvalue weighted by Crippen LogP contribution is -2.25. The fourth-order valence-corrected chi connectivity index (χ4v) is 1.82. The van der Waals surface area contributed by atoms with Gasteiger partial charge in [0.1, 0.15) is 5.75 Å². The SMILES string of the molecule is CCC(Oc1ccccc1[SiH3])OC(C)C. The average Bonchev–Trinajstić information content (AvgIpc) is 2.19. The molecule has 0 fully saturated rings. The molecule has 84 valence electrons. The van der Waals surface area contributed by atoms with Gasteiger partial charge in [0.25, 0.3) is 0 Å². The molecule has 0 bridgehead atoms. The van der Waals surface area contributed by atoms with E-state index >= 15 is 0 Å².